The topological polar surface area (TPSA) is 109 Å². The van der Waals surface area contributed by atoms with Gasteiger partial charge in [0, 0.05) is 29.4 Å². The van der Waals surface area contributed by atoms with Gasteiger partial charge in [-0.2, -0.15) is 9.61 Å². The number of hydrogen-bond donors (Lipinski definition) is 1. The highest BCUT2D eigenvalue weighted by Gasteiger charge is 2.16. The Morgan fingerprint density at radius 1 is 1.03 bits per heavy atom. The number of ether oxygens (including phenoxy) is 4. The van der Waals surface area contributed by atoms with Crippen molar-refractivity contribution in [2.24, 2.45) is 0 Å². The predicted molar refractivity (Wildman–Crippen MR) is 121 cm³/mol. The number of rotatable bonds is 7. The lowest BCUT2D eigenvalue weighted by atomic mass is 10.1. The van der Waals surface area contributed by atoms with Gasteiger partial charge in [-0.3, -0.25) is 4.79 Å². The van der Waals surface area contributed by atoms with Crippen molar-refractivity contribution in [1.29, 1.82) is 0 Å². The molecular weight excluding hydrogens is 446 g/mol. The van der Waals surface area contributed by atoms with Crippen LogP contribution in [0.1, 0.15) is 0 Å². The Hall–Kier alpha value is -3.99. The molecule has 1 amide bonds. The zero-order valence-corrected chi connectivity index (χ0v) is 18.6. The summed E-state index contributed by atoms with van der Waals surface area (Å²) in [5, 5.41) is 16.3. The van der Waals surface area contributed by atoms with E-state index in [2.05, 4.69) is 20.6 Å². The molecule has 3 heterocycles. The lowest BCUT2D eigenvalue weighted by Gasteiger charge is -2.09. The zero-order chi connectivity index (χ0) is 22.8. The SMILES string of the molecule is COc1cc(NC(=O)CSc2nnc3ccc(-c4ccc5c(c4)OCO5)nn23)cc(OC)c1. The third-order valence-corrected chi connectivity index (χ3v) is 5.79. The molecule has 4 aromatic rings. The van der Waals surface area contributed by atoms with Crippen LogP contribution in [0.4, 0.5) is 5.69 Å². The Bertz CT molecular complexity index is 1320. The molecular formula is C22H19N5O5S. The van der Waals surface area contributed by atoms with Crippen molar-refractivity contribution in [2.45, 2.75) is 5.16 Å². The minimum absolute atomic E-state index is 0.121. The standard InChI is InChI=1S/C22H19N5O5S/c1-29-15-8-14(9-16(10-15)30-2)23-21(28)11-33-22-25-24-20-6-4-17(26-27(20)22)13-3-5-18-19(7-13)32-12-31-18/h3-10H,11-12H2,1-2H3,(H,23,28). The molecule has 0 atom stereocenters. The van der Waals surface area contributed by atoms with E-state index in [1.54, 1.807) is 36.9 Å². The molecule has 33 heavy (non-hydrogen) atoms. The van der Waals surface area contributed by atoms with Crippen LogP contribution in [0.5, 0.6) is 23.0 Å². The number of thioether (sulfide) groups is 1. The monoisotopic (exact) mass is 465 g/mol. The Morgan fingerprint density at radius 2 is 1.82 bits per heavy atom. The van der Waals surface area contributed by atoms with Crippen LogP contribution < -0.4 is 24.3 Å². The molecule has 1 aliphatic rings. The van der Waals surface area contributed by atoms with Gasteiger partial charge in [-0.1, -0.05) is 11.8 Å². The second kappa shape index (κ2) is 8.87. The molecule has 5 rings (SSSR count). The lowest BCUT2D eigenvalue weighted by Crippen LogP contribution is -2.14. The number of nitrogens with zero attached hydrogens (tertiary/aromatic N) is 4. The quantitative estimate of drug-likeness (QED) is 0.411. The molecule has 2 aromatic carbocycles. The maximum absolute atomic E-state index is 12.5. The number of carbonyl (C=O) groups is 1. The van der Waals surface area contributed by atoms with Crippen LogP contribution in [-0.4, -0.2) is 52.5 Å². The number of carbonyl (C=O) groups excluding carboxylic acids is 1. The molecule has 0 saturated carbocycles. The Kier molecular flexibility index (Phi) is 5.61. The smallest absolute Gasteiger partial charge is 0.234 e. The highest BCUT2D eigenvalue weighted by molar-refractivity contribution is 7.99. The number of anilines is 1. The van der Waals surface area contributed by atoms with Gasteiger partial charge in [0.25, 0.3) is 0 Å². The van der Waals surface area contributed by atoms with Crippen molar-refractivity contribution >= 4 is 29.0 Å². The number of fused-ring (bicyclic) bond motifs is 2. The van der Waals surface area contributed by atoms with E-state index < -0.39 is 0 Å². The van der Waals surface area contributed by atoms with Gasteiger partial charge in [0.15, 0.2) is 17.1 Å². The summed E-state index contributed by atoms with van der Waals surface area (Å²) in [6.45, 7) is 0.210. The van der Waals surface area contributed by atoms with Crippen LogP contribution in [0, 0.1) is 0 Å². The third-order valence-electron chi connectivity index (χ3n) is 4.87. The fourth-order valence-corrected chi connectivity index (χ4v) is 3.96. The van der Waals surface area contributed by atoms with Crippen molar-refractivity contribution < 1.29 is 23.7 Å². The number of methoxy groups -OCH3 is 2. The second-order valence-corrected chi connectivity index (χ2v) is 7.92. The van der Waals surface area contributed by atoms with E-state index in [0.29, 0.717) is 39.5 Å². The van der Waals surface area contributed by atoms with Crippen molar-refractivity contribution in [2.75, 3.05) is 32.1 Å². The first kappa shape index (κ1) is 20.9. The number of nitrogens with one attached hydrogen (secondary N) is 1. The molecule has 0 spiro atoms. The summed E-state index contributed by atoms with van der Waals surface area (Å²) in [7, 11) is 3.11. The lowest BCUT2D eigenvalue weighted by molar-refractivity contribution is -0.113. The Balaban J connectivity index is 1.31. The van der Waals surface area contributed by atoms with Crippen LogP contribution >= 0.6 is 11.8 Å². The molecule has 168 valence electrons. The molecule has 0 fully saturated rings. The van der Waals surface area contributed by atoms with Crippen molar-refractivity contribution in [3.8, 4) is 34.3 Å². The fourth-order valence-electron chi connectivity index (χ4n) is 3.28. The molecule has 1 N–H and O–H groups in total. The van der Waals surface area contributed by atoms with E-state index in [4.69, 9.17) is 18.9 Å². The van der Waals surface area contributed by atoms with Gasteiger partial charge in [-0.25, -0.2) is 0 Å². The van der Waals surface area contributed by atoms with E-state index in [1.165, 1.54) is 11.8 Å². The summed E-state index contributed by atoms with van der Waals surface area (Å²) in [4.78, 5) is 12.5. The molecule has 10 nitrogen and oxygen atoms in total. The van der Waals surface area contributed by atoms with Crippen LogP contribution in [0.3, 0.4) is 0 Å². The summed E-state index contributed by atoms with van der Waals surface area (Å²) in [5.41, 5.74) is 2.75. The van der Waals surface area contributed by atoms with E-state index in [-0.39, 0.29) is 18.5 Å². The summed E-state index contributed by atoms with van der Waals surface area (Å²) in [6, 6.07) is 14.5. The molecule has 0 bridgehead atoms. The van der Waals surface area contributed by atoms with E-state index in [9.17, 15) is 4.79 Å². The Morgan fingerprint density at radius 3 is 2.61 bits per heavy atom. The van der Waals surface area contributed by atoms with Crippen LogP contribution in [0.25, 0.3) is 16.9 Å². The summed E-state index contributed by atoms with van der Waals surface area (Å²) >= 11 is 1.24. The number of hydrogen-bond acceptors (Lipinski definition) is 9. The fraction of sp³-hybridized carbons (Fsp3) is 0.182. The molecule has 0 aliphatic carbocycles. The third kappa shape index (κ3) is 4.35. The minimum atomic E-state index is -0.209. The summed E-state index contributed by atoms with van der Waals surface area (Å²) in [6.07, 6.45) is 0. The van der Waals surface area contributed by atoms with Crippen LogP contribution in [0.15, 0.2) is 53.7 Å². The highest BCUT2D eigenvalue weighted by Crippen LogP contribution is 2.35. The van der Waals surface area contributed by atoms with Gasteiger partial charge in [-0.15, -0.1) is 10.2 Å². The molecule has 1 aliphatic heterocycles. The number of amides is 1. The molecule has 0 saturated heterocycles. The van der Waals surface area contributed by atoms with E-state index in [1.807, 2.05) is 30.3 Å². The maximum Gasteiger partial charge on any atom is 0.234 e. The van der Waals surface area contributed by atoms with E-state index >= 15 is 0 Å². The van der Waals surface area contributed by atoms with Gasteiger partial charge < -0.3 is 24.3 Å². The van der Waals surface area contributed by atoms with Crippen molar-refractivity contribution in [3.63, 3.8) is 0 Å². The average Bonchev–Trinajstić information content (AvgIpc) is 3.48. The second-order valence-electron chi connectivity index (χ2n) is 6.98. The maximum atomic E-state index is 12.5. The number of benzene rings is 2. The molecule has 0 unspecified atom stereocenters. The van der Waals surface area contributed by atoms with Gasteiger partial charge in [0.2, 0.25) is 17.9 Å². The van der Waals surface area contributed by atoms with Crippen LogP contribution in [0.2, 0.25) is 0 Å². The first-order valence-electron chi connectivity index (χ1n) is 9.91. The van der Waals surface area contributed by atoms with Gasteiger partial charge in [-0.05, 0) is 30.3 Å². The van der Waals surface area contributed by atoms with E-state index in [0.717, 1.165) is 11.3 Å². The normalized spacial score (nSPS) is 12.1. The number of aromatic nitrogens is 4. The molecule has 11 heteroatoms. The highest BCUT2D eigenvalue weighted by atomic mass is 32.2. The first-order chi connectivity index (χ1) is 16.1. The van der Waals surface area contributed by atoms with Crippen LogP contribution in [-0.2, 0) is 4.79 Å². The van der Waals surface area contributed by atoms with Gasteiger partial charge in [0.05, 0.1) is 25.7 Å². The minimum Gasteiger partial charge on any atom is -0.497 e. The average molecular weight is 465 g/mol. The van der Waals surface area contributed by atoms with Crippen molar-refractivity contribution in [3.05, 3.63) is 48.5 Å². The van der Waals surface area contributed by atoms with Gasteiger partial charge >= 0.3 is 0 Å². The molecule has 0 radical (unpaired) electrons. The largest absolute Gasteiger partial charge is 0.497 e. The zero-order valence-electron chi connectivity index (χ0n) is 17.8. The summed E-state index contributed by atoms with van der Waals surface area (Å²) < 4.78 is 22.9. The van der Waals surface area contributed by atoms with Crippen molar-refractivity contribution in [1.82, 2.24) is 19.8 Å². The Labute approximate surface area is 192 Å². The summed E-state index contributed by atoms with van der Waals surface area (Å²) in [5.74, 6) is 2.47. The molecule has 2 aromatic heterocycles. The van der Waals surface area contributed by atoms with Gasteiger partial charge in [0.1, 0.15) is 11.5 Å². The first-order valence-corrected chi connectivity index (χ1v) is 10.9. The predicted octanol–water partition coefficient (Wildman–Crippen LogP) is 3.27.